The van der Waals surface area contributed by atoms with Gasteiger partial charge < -0.3 is 15.4 Å². The molecule has 4 N–H and O–H groups in total. The van der Waals surface area contributed by atoms with Crippen LogP contribution in [0.1, 0.15) is 112 Å². The molecule has 2 fully saturated rings. The number of aromatic nitrogens is 1. The van der Waals surface area contributed by atoms with Crippen molar-refractivity contribution in [1.82, 2.24) is 9.29 Å². The second-order valence-corrected chi connectivity index (χ2v) is 13.6. The molecule has 7 heteroatoms. The van der Waals surface area contributed by atoms with Gasteiger partial charge >= 0.3 is 5.97 Å². The minimum absolute atomic E-state index is 0.000000000000000444. The monoisotopic (exact) mass is 553 g/mol. The average molecular weight is 554 g/mol. The summed E-state index contributed by atoms with van der Waals surface area (Å²) in [5.74, 6) is -0.246. The lowest BCUT2D eigenvalue weighted by Crippen LogP contribution is -2.30. The highest BCUT2D eigenvalue weighted by atomic mass is 32.2. The molecule has 5 rings (SSSR count). The van der Waals surface area contributed by atoms with Gasteiger partial charge in [-0.1, -0.05) is 31.7 Å². The van der Waals surface area contributed by atoms with E-state index < -0.39 is 5.97 Å². The fraction of sp³-hybridized carbons (Fsp3) is 0.625. The Morgan fingerprint density at radius 2 is 1.67 bits per heavy atom. The number of nitrogens with zero attached hydrogens (tertiary/aromatic N) is 1. The van der Waals surface area contributed by atoms with Gasteiger partial charge in [0.15, 0.2) is 0 Å². The van der Waals surface area contributed by atoms with Gasteiger partial charge in [0.25, 0.3) is 5.91 Å². The predicted octanol–water partition coefficient (Wildman–Crippen LogP) is 7.29. The van der Waals surface area contributed by atoms with Crippen molar-refractivity contribution in [2.75, 3.05) is 0 Å². The van der Waals surface area contributed by atoms with Crippen LogP contribution in [0, 0.1) is 18.8 Å². The number of hydrogen-bond acceptors (Lipinski definition) is 4. The Hall–Kier alpha value is -2.25. The number of hydrogen-bond donors (Lipinski definition) is 3. The van der Waals surface area contributed by atoms with Crippen LogP contribution in [0.25, 0.3) is 11.3 Å². The van der Waals surface area contributed by atoms with E-state index in [1.165, 1.54) is 72.2 Å². The summed E-state index contributed by atoms with van der Waals surface area (Å²) in [5.41, 5.74) is 13.0. The molecule has 2 aromatic rings. The highest BCUT2D eigenvalue weighted by molar-refractivity contribution is 7.97. The molecular weight excluding hydrogens is 506 g/mol. The van der Waals surface area contributed by atoms with Crippen LogP contribution >= 0.6 is 11.9 Å². The molecule has 1 heterocycles. The Balaban J connectivity index is 0.000000438. The number of nitrogens with one attached hydrogen (secondary N) is 1. The average Bonchev–Trinajstić information content (AvgIpc) is 3.17. The first-order valence-corrected chi connectivity index (χ1v) is 15.7. The fourth-order valence-electron chi connectivity index (χ4n) is 6.01. The van der Waals surface area contributed by atoms with Gasteiger partial charge in [0.1, 0.15) is 0 Å². The van der Waals surface area contributed by atoms with Crippen LogP contribution in [0.5, 0.6) is 0 Å². The number of primary amides is 1. The lowest BCUT2D eigenvalue weighted by molar-refractivity contribution is -0.144. The fourth-order valence-corrected chi connectivity index (χ4v) is 6.92. The Labute approximate surface area is 238 Å². The minimum atomic E-state index is -0.619. The van der Waals surface area contributed by atoms with Gasteiger partial charge in [-0.3, -0.25) is 14.3 Å². The first kappa shape index (κ1) is 29.7. The molecule has 1 amide bonds. The molecule has 214 valence electrons. The van der Waals surface area contributed by atoms with Crippen LogP contribution < -0.4 is 10.5 Å². The predicted molar refractivity (Wildman–Crippen MR) is 160 cm³/mol. The first-order valence-electron chi connectivity index (χ1n) is 14.9. The van der Waals surface area contributed by atoms with Crippen LogP contribution in [-0.4, -0.2) is 27.1 Å². The summed E-state index contributed by atoms with van der Waals surface area (Å²) in [6.07, 6.45) is 14.2. The summed E-state index contributed by atoms with van der Waals surface area (Å²) in [5, 5.41) is 8.23. The van der Waals surface area contributed by atoms with E-state index in [0.717, 1.165) is 44.3 Å². The van der Waals surface area contributed by atoms with Gasteiger partial charge in [-0.05, 0) is 120 Å². The number of carboxylic acid groups (broad SMARTS) is 1. The van der Waals surface area contributed by atoms with Gasteiger partial charge in [-0.15, -0.1) is 0 Å². The summed E-state index contributed by atoms with van der Waals surface area (Å²) < 4.78 is 5.99. The highest BCUT2D eigenvalue weighted by Gasteiger charge is 2.26. The van der Waals surface area contributed by atoms with E-state index in [1.807, 2.05) is 0 Å². The summed E-state index contributed by atoms with van der Waals surface area (Å²) in [6, 6.07) is 6.62. The van der Waals surface area contributed by atoms with Crippen molar-refractivity contribution in [3.63, 3.8) is 0 Å². The number of carbonyl (C=O) groups is 2. The number of benzene rings is 1. The molecule has 0 radical (unpaired) electrons. The van der Waals surface area contributed by atoms with Gasteiger partial charge in [0, 0.05) is 33.9 Å². The van der Waals surface area contributed by atoms with E-state index >= 15 is 0 Å². The zero-order valence-electron chi connectivity index (χ0n) is 24.3. The van der Waals surface area contributed by atoms with Crippen molar-refractivity contribution in [2.45, 2.75) is 122 Å². The smallest absolute Gasteiger partial charge is 0.306 e. The van der Waals surface area contributed by atoms with E-state index in [-0.39, 0.29) is 17.4 Å². The van der Waals surface area contributed by atoms with Crippen molar-refractivity contribution < 1.29 is 14.7 Å². The van der Waals surface area contributed by atoms with E-state index in [2.05, 4.69) is 55.2 Å². The van der Waals surface area contributed by atoms with Crippen molar-refractivity contribution in [3.05, 3.63) is 40.6 Å². The van der Waals surface area contributed by atoms with Gasteiger partial charge in [-0.25, -0.2) is 0 Å². The maximum atomic E-state index is 12.2. The van der Waals surface area contributed by atoms with Crippen molar-refractivity contribution in [3.8, 4) is 11.3 Å². The molecule has 1 aromatic heterocycles. The molecule has 6 nitrogen and oxygen atoms in total. The standard InChI is InChI=1S/C27H39N3OS.C5H8O2/c1-18-23(26(28)31)16-24(30(18)17-19-10-6-5-7-11-19)21-14-15-25(32-29-27(2,3)4)22-13-9-8-12-20(21)22;6-5(7)4-2-1-3-4/h14-16,19,29H,5-13,17H2,1-4H3,(H2,28,31);4H,1-3H2,(H,6,7). The maximum Gasteiger partial charge on any atom is 0.306 e. The van der Waals surface area contributed by atoms with E-state index in [0.29, 0.717) is 11.5 Å². The second-order valence-electron chi connectivity index (χ2n) is 12.7. The quantitative estimate of drug-likeness (QED) is 0.313. The molecular formula is C32H47N3O3S. The van der Waals surface area contributed by atoms with Crippen LogP contribution in [0.15, 0.2) is 23.1 Å². The number of fused-ring (bicyclic) bond motifs is 1. The van der Waals surface area contributed by atoms with Gasteiger partial charge in [0.2, 0.25) is 0 Å². The molecule has 0 bridgehead atoms. The summed E-state index contributed by atoms with van der Waals surface area (Å²) in [7, 11) is 0. The number of rotatable bonds is 7. The molecule has 0 saturated heterocycles. The SMILES string of the molecule is Cc1c(C(N)=O)cc(-c2ccc(SNC(C)(C)C)c3c2CCCC3)n1CC1CCCCC1.O=C(O)C1CCC1. The lowest BCUT2D eigenvalue weighted by Gasteiger charge is -2.27. The number of nitrogens with two attached hydrogens (primary N) is 1. The molecule has 0 aliphatic heterocycles. The van der Waals surface area contributed by atoms with E-state index in [4.69, 9.17) is 10.8 Å². The zero-order chi connectivity index (χ0) is 28.2. The van der Waals surface area contributed by atoms with Crippen molar-refractivity contribution in [2.24, 2.45) is 17.6 Å². The van der Waals surface area contributed by atoms with Crippen LogP contribution in [0.3, 0.4) is 0 Å². The maximum absolute atomic E-state index is 12.2. The second kappa shape index (κ2) is 12.9. The summed E-state index contributed by atoms with van der Waals surface area (Å²) >= 11 is 1.76. The molecule has 3 aliphatic carbocycles. The third-order valence-corrected chi connectivity index (χ3v) is 9.80. The molecule has 39 heavy (non-hydrogen) atoms. The zero-order valence-corrected chi connectivity index (χ0v) is 25.1. The molecule has 0 unspecified atom stereocenters. The normalized spacial score (nSPS) is 18.1. The van der Waals surface area contributed by atoms with Gasteiger partial charge in [-0.2, -0.15) is 0 Å². The number of carbonyl (C=O) groups excluding carboxylic acids is 1. The Morgan fingerprint density at radius 1 is 1.00 bits per heavy atom. The van der Waals surface area contributed by atoms with Crippen LogP contribution in [-0.2, 0) is 24.2 Å². The first-order chi connectivity index (χ1) is 18.5. The Kier molecular flexibility index (Phi) is 9.87. The molecule has 0 atom stereocenters. The summed E-state index contributed by atoms with van der Waals surface area (Å²) in [4.78, 5) is 23.6. The van der Waals surface area contributed by atoms with E-state index in [1.54, 1.807) is 11.9 Å². The third-order valence-electron chi connectivity index (χ3n) is 8.49. The van der Waals surface area contributed by atoms with Crippen LogP contribution in [0.4, 0.5) is 0 Å². The largest absolute Gasteiger partial charge is 0.481 e. The third kappa shape index (κ3) is 7.49. The van der Waals surface area contributed by atoms with Crippen molar-refractivity contribution in [1.29, 1.82) is 0 Å². The van der Waals surface area contributed by atoms with Crippen molar-refractivity contribution >= 4 is 23.8 Å². The minimum Gasteiger partial charge on any atom is -0.481 e. The lowest BCUT2D eigenvalue weighted by atomic mass is 9.86. The number of carboxylic acids is 1. The molecule has 0 spiro atoms. The molecule has 2 saturated carbocycles. The Morgan fingerprint density at radius 3 is 2.21 bits per heavy atom. The summed E-state index contributed by atoms with van der Waals surface area (Å²) in [6.45, 7) is 9.66. The van der Waals surface area contributed by atoms with Crippen LogP contribution in [0.2, 0.25) is 0 Å². The molecule has 3 aliphatic rings. The topological polar surface area (TPSA) is 97.4 Å². The van der Waals surface area contributed by atoms with E-state index in [9.17, 15) is 9.59 Å². The highest BCUT2D eigenvalue weighted by Crippen LogP contribution is 2.39. The molecule has 1 aromatic carbocycles. The number of aliphatic carboxylic acids is 1. The Bertz CT molecular complexity index is 1170. The number of amides is 1. The van der Waals surface area contributed by atoms with Gasteiger partial charge in [0.05, 0.1) is 11.5 Å².